The molecule has 0 saturated carbocycles. The van der Waals surface area contributed by atoms with Crippen molar-refractivity contribution in [3.05, 3.63) is 69.5 Å². The highest BCUT2D eigenvalue weighted by Gasteiger charge is 2.37. The minimum atomic E-state index is -4.46. The molecule has 0 spiro atoms. The molecule has 0 bridgehead atoms. The molecule has 1 amide bonds. The van der Waals surface area contributed by atoms with Crippen molar-refractivity contribution in [2.24, 2.45) is 0 Å². The number of alkyl halides is 3. The number of rotatable bonds is 3. The van der Waals surface area contributed by atoms with E-state index >= 15 is 0 Å². The lowest BCUT2D eigenvalue weighted by Crippen LogP contribution is -2.48. The summed E-state index contributed by atoms with van der Waals surface area (Å²) in [5.74, 6) is -0.150. The maximum atomic E-state index is 12.9. The van der Waals surface area contributed by atoms with Gasteiger partial charge >= 0.3 is 6.18 Å². The van der Waals surface area contributed by atoms with Crippen molar-refractivity contribution in [1.82, 2.24) is 15.0 Å². The third-order valence-corrected chi connectivity index (χ3v) is 5.13. The first-order valence-electron chi connectivity index (χ1n) is 8.48. The normalized spacial score (nSPS) is 14.7. The van der Waals surface area contributed by atoms with Crippen LogP contribution in [0.25, 0.3) is 11.4 Å². The van der Waals surface area contributed by atoms with Gasteiger partial charge in [0.25, 0.3) is 5.91 Å². The average molecular weight is 442 g/mol. The standard InChI is InChI=1S/C19H12Cl2F3N3O2/c20-13-4-5-15(21)14(7-13)18(28)27-8-11(9-27)17-25-16(26-29-17)10-2-1-3-12(6-10)19(22,23)24/h1-7,11H,8-9H2. The number of halogens is 5. The van der Waals surface area contributed by atoms with Gasteiger partial charge in [-0.1, -0.05) is 40.5 Å². The zero-order chi connectivity index (χ0) is 20.8. The molecule has 1 saturated heterocycles. The highest BCUT2D eigenvalue weighted by molar-refractivity contribution is 6.35. The largest absolute Gasteiger partial charge is 0.416 e. The summed E-state index contributed by atoms with van der Waals surface area (Å²) in [6, 6.07) is 9.33. The van der Waals surface area contributed by atoms with Crippen LogP contribution >= 0.6 is 23.2 Å². The number of likely N-dealkylation sites (tertiary alicyclic amines) is 1. The zero-order valence-corrected chi connectivity index (χ0v) is 16.1. The fourth-order valence-corrected chi connectivity index (χ4v) is 3.36. The molecule has 5 nitrogen and oxygen atoms in total. The van der Waals surface area contributed by atoms with E-state index in [0.717, 1.165) is 12.1 Å². The number of carbonyl (C=O) groups excluding carboxylic acids is 1. The number of hydrogen-bond acceptors (Lipinski definition) is 4. The topological polar surface area (TPSA) is 59.2 Å². The summed E-state index contributed by atoms with van der Waals surface area (Å²) in [6.45, 7) is 0.651. The molecule has 0 aliphatic carbocycles. The van der Waals surface area contributed by atoms with Crippen LogP contribution in [-0.4, -0.2) is 34.0 Å². The van der Waals surface area contributed by atoms with Gasteiger partial charge in [0.1, 0.15) is 0 Å². The summed E-state index contributed by atoms with van der Waals surface area (Å²) in [4.78, 5) is 18.3. The van der Waals surface area contributed by atoms with Gasteiger partial charge in [0.2, 0.25) is 11.7 Å². The van der Waals surface area contributed by atoms with Crippen molar-refractivity contribution < 1.29 is 22.5 Å². The Morgan fingerprint density at radius 2 is 1.90 bits per heavy atom. The van der Waals surface area contributed by atoms with E-state index in [4.69, 9.17) is 27.7 Å². The molecule has 10 heteroatoms. The number of benzene rings is 2. The quantitative estimate of drug-likeness (QED) is 0.553. The van der Waals surface area contributed by atoms with Gasteiger partial charge in [-0.25, -0.2) is 0 Å². The van der Waals surface area contributed by atoms with Gasteiger partial charge in [-0.05, 0) is 30.3 Å². The van der Waals surface area contributed by atoms with Crippen molar-refractivity contribution in [2.75, 3.05) is 13.1 Å². The van der Waals surface area contributed by atoms with E-state index < -0.39 is 11.7 Å². The van der Waals surface area contributed by atoms with E-state index in [2.05, 4.69) is 10.1 Å². The van der Waals surface area contributed by atoms with Gasteiger partial charge < -0.3 is 9.42 Å². The molecule has 1 aliphatic rings. The Hall–Kier alpha value is -2.58. The Labute approximate surface area is 173 Å². The highest BCUT2D eigenvalue weighted by atomic mass is 35.5. The zero-order valence-electron chi connectivity index (χ0n) is 14.6. The molecule has 0 atom stereocenters. The molecule has 2 heterocycles. The van der Waals surface area contributed by atoms with Crippen LogP contribution in [-0.2, 0) is 6.18 Å². The van der Waals surface area contributed by atoms with Crippen molar-refractivity contribution in [3.63, 3.8) is 0 Å². The third kappa shape index (κ3) is 3.95. The van der Waals surface area contributed by atoms with Crippen molar-refractivity contribution in [3.8, 4) is 11.4 Å². The Morgan fingerprint density at radius 1 is 1.14 bits per heavy atom. The summed E-state index contributed by atoms with van der Waals surface area (Å²) < 4.78 is 43.8. The second-order valence-corrected chi connectivity index (χ2v) is 7.41. The molecule has 1 aliphatic heterocycles. The molecule has 0 unspecified atom stereocenters. The minimum Gasteiger partial charge on any atom is -0.339 e. The number of carbonyl (C=O) groups is 1. The second-order valence-electron chi connectivity index (χ2n) is 6.57. The lowest BCUT2D eigenvalue weighted by molar-refractivity contribution is -0.137. The molecule has 29 heavy (non-hydrogen) atoms. The second kappa shape index (κ2) is 7.35. The third-order valence-electron chi connectivity index (χ3n) is 4.57. The Bertz CT molecular complexity index is 1080. The molecule has 1 aromatic heterocycles. The highest BCUT2D eigenvalue weighted by Crippen LogP contribution is 2.33. The van der Waals surface area contributed by atoms with Crippen LogP contribution < -0.4 is 0 Å². The summed E-state index contributed by atoms with van der Waals surface area (Å²) in [7, 11) is 0. The first kappa shape index (κ1) is 19.7. The fourth-order valence-electron chi connectivity index (χ4n) is 2.99. The first-order valence-corrected chi connectivity index (χ1v) is 9.23. The Balaban J connectivity index is 1.46. The van der Waals surface area contributed by atoms with Gasteiger partial charge in [0, 0.05) is 23.7 Å². The van der Waals surface area contributed by atoms with Crippen LogP contribution in [0.4, 0.5) is 13.2 Å². The minimum absolute atomic E-state index is 0.0637. The van der Waals surface area contributed by atoms with Crippen molar-refractivity contribution in [2.45, 2.75) is 12.1 Å². The molecule has 0 N–H and O–H groups in total. The molecule has 3 aromatic rings. The number of hydrogen-bond donors (Lipinski definition) is 0. The van der Waals surface area contributed by atoms with Gasteiger partial charge in [0.15, 0.2) is 0 Å². The summed E-state index contributed by atoms with van der Waals surface area (Å²) in [5, 5.41) is 4.47. The van der Waals surface area contributed by atoms with Crippen LogP contribution in [0.1, 0.15) is 27.7 Å². The van der Waals surface area contributed by atoms with Crippen LogP contribution in [0.2, 0.25) is 10.0 Å². The maximum Gasteiger partial charge on any atom is 0.416 e. The predicted molar refractivity (Wildman–Crippen MR) is 99.8 cm³/mol. The molecule has 0 radical (unpaired) electrons. The van der Waals surface area contributed by atoms with E-state index in [9.17, 15) is 18.0 Å². The number of amides is 1. The van der Waals surface area contributed by atoms with Crippen LogP contribution in [0.5, 0.6) is 0 Å². The van der Waals surface area contributed by atoms with Crippen LogP contribution in [0, 0.1) is 0 Å². The van der Waals surface area contributed by atoms with E-state index in [-0.39, 0.29) is 29.1 Å². The molecule has 1 fully saturated rings. The SMILES string of the molecule is O=C(c1cc(Cl)ccc1Cl)N1CC(c2nc(-c3cccc(C(F)(F)F)c3)no2)C1. The van der Waals surface area contributed by atoms with Crippen molar-refractivity contribution >= 4 is 29.1 Å². The lowest BCUT2D eigenvalue weighted by Gasteiger charge is -2.37. The van der Waals surface area contributed by atoms with Gasteiger partial charge in [-0.15, -0.1) is 0 Å². The molecular weight excluding hydrogens is 430 g/mol. The average Bonchev–Trinajstić information content (AvgIpc) is 3.11. The summed E-state index contributed by atoms with van der Waals surface area (Å²) >= 11 is 12.0. The van der Waals surface area contributed by atoms with Crippen LogP contribution in [0.3, 0.4) is 0 Å². The van der Waals surface area contributed by atoms with Crippen molar-refractivity contribution in [1.29, 1.82) is 0 Å². The fraction of sp³-hybridized carbons (Fsp3) is 0.211. The Morgan fingerprint density at radius 3 is 2.62 bits per heavy atom. The smallest absolute Gasteiger partial charge is 0.339 e. The van der Waals surface area contributed by atoms with Gasteiger partial charge in [-0.2, -0.15) is 18.2 Å². The number of aromatic nitrogens is 2. The van der Waals surface area contributed by atoms with E-state index in [1.807, 2.05) is 0 Å². The summed E-state index contributed by atoms with van der Waals surface area (Å²) in [6.07, 6.45) is -4.46. The predicted octanol–water partition coefficient (Wildman–Crippen LogP) is 5.30. The number of nitrogens with zero attached hydrogens (tertiary/aromatic N) is 3. The summed E-state index contributed by atoms with van der Waals surface area (Å²) in [5.41, 5.74) is -0.291. The van der Waals surface area contributed by atoms with E-state index in [1.165, 1.54) is 18.2 Å². The first-order chi connectivity index (χ1) is 13.7. The van der Waals surface area contributed by atoms with E-state index in [0.29, 0.717) is 28.7 Å². The Kier molecular flexibility index (Phi) is 5.00. The van der Waals surface area contributed by atoms with Gasteiger partial charge in [-0.3, -0.25) is 4.79 Å². The van der Waals surface area contributed by atoms with Gasteiger partial charge in [0.05, 0.1) is 22.1 Å². The molecular formula is C19H12Cl2F3N3O2. The molecule has 2 aromatic carbocycles. The monoisotopic (exact) mass is 441 g/mol. The van der Waals surface area contributed by atoms with E-state index in [1.54, 1.807) is 17.0 Å². The molecule has 4 rings (SSSR count). The lowest BCUT2D eigenvalue weighted by atomic mass is 9.98. The molecule has 150 valence electrons. The maximum absolute atomic E-state index is 12.9. The van der Waals surface area contributed by atoms with Crippen LogP contribution in [0.15, 0.2) is 47.0 Å².